The molecule has 0 spiro atoms. The number of pyridine rings is 2. The number of aromatic nitrogens is 3. The number of H-pyrrole nitrogens is 1. The van der Waals surface area contributed by atoms with Gasteiger partial charge in [0.15, 0.2) is 5.82 Å². The molecule has 1 aliphatic carbocycles. The maximum atomic E-state index is 15.9. The van der Waals surface area contributed by atoms with Gasteiger partial charge in [-0.25, -0.2) is 4.39 Å². The van der Waals surface area contributed by atoms with E-state index < -0.39 is 11.4 Å². The van der Waals surface area contributed by atoms with Crippen molar-refractivity contribution in [3.8, 4) is 10.4 Å². The Morgan fingerprint density at radius 1 is 1.31 bits per heavy atom. The summed E-state index contributed by atoms with van der Waals surface area (Å²) in [5, 5.41) is 17.4. The lowest BCUT2D eigenvalue weighted by molar-refractivity contribution is 0.0789. The molecule has 1 saturated carbocycles. The second kappa shape index (κ2) is 8.56. The predicted octanol–water partition coefficient (Wildman–Crippen LogP) is 4.61. The maximum Gasteiger partial charge on any atom is 0.274 e. The number of aromatic amines is 1. The summed E-state index contributed by atoms with van der Waals surface area (Å²) in [5.74, 6) is -0.856. The molecule has 8 nitrogen and oxygen atoms in total. The number of hydrogen-bond donors (Lipinski definition) is 4. The molecule has 1 aliphatic rings. The van der Waals surface area contributed by atoms with Crippen LogP contribution >= 0.6 is 11.3 Å². The van der Waals surface area contributed by atoms with Crippen molar-refractivity contribution < 1.29 is 14.3 Å². The molecule has 4 N–H and O–H groups in total. The smallest absolute Gasteiger partial charge is 0.274 e. The van der Waals surface area contributed by atoms with Crippen LogP contribution in [0.2, 0.25) is 0 Å². The molecule has 4 heterocycles. The summed E-state index contributed by atoms with van der Waals surface area (Å²) >= 11 is 1.11. The number of hydrogen-bond acceptors (Lipinski definition) is 6. The number of halogens is 1. The van der Waals surface area contributed by atoms with Gasteiger partial charge in [-0.1, -0.05) is 0 Å². The third kappa shape index (κ3) is 4.20. The van der Waals surface area contributed by atoms with E-state index in [4.69, 9.17) is 0 Å². The number of aliphatic hydroxyl groups is 1. The number of thiophene rings is 1. The van der Waals surface area contributed by atoms with Crippen LogP contribution in [-0.4, -0.2) is 31.6 Å². The SMILES string of the molecule is Cc1ccnc(C)c1Nc1c(-c2cn(C)c(=O)c3[nH]c(C(=O)NC4CC4)cc23)sc(C(C)(C)O)c1F. The minimum absolute atomic E-state index is 0.156. The normalized spacial score (nSPS) is 13.9. The van der Waals surface area contributed by atoms with E-state index in [1.54, 1.807) is 25.5 Å². The fourth-order valence-electron chi connectivity index (χ4n) is 4.24. The Morgan fingerprint density at radius 2 is 2.03 bits per heavy atom. The molecule has 10 heteroatoms. The quantitative estimate of drug-likeness (QED) is 0.303. The van der Waals surface area contributed by atoms with E-state index in [0.717, 1.165) is 29.7 Å². The van der Waals surface area contributed by atoms with Gasteiger partial charge in [0.05, 0.1) is 32.4 Å². The summed E-state index contributed by atoms with van der Waals surface area (Å²) in [4.78, 5) is 33.6. The van der Waals surface area contributed by atoms with Gasteiger partial charge in [-0.2, -0.15) is 0 Å². The molecule has 4 aromatic heterocycles. The molecule has 0 aromatic carbocycles. The highest BCUT2D eigenvalue weighted by atomic mass is 32.1. The minimum Gasteiger partial charge on any atom is -0.385 e. The van der Waals surface area contributed by atoms with Crippen LogP contribution < -0.4 is 16.2 Å². The fraction of sp³-hybridized carbons (Fsp3) is 0.346. The second-order valence-electron chi connectivity index (χ2n) is 9.90. The van der Waals surface area contributed by atoms with Crippen LogP contribution in [0.5, 0.6) is 0 Å². The first-order valence-corrected chi connectivity index (χ1v) is 12.5. The van der Waals surface area contributed by atoms with Crippen LogP contribution in [0, 0.1) is 19.7 Å². The highest BCUT2D eigenvalue weighted by Crippen LogP contribution is 2.47. The van der Waals surface area contributed by atoms with E-state index in [1.807, 2.05) is 19.9 Å². The van der Waals surface area contributed by atoms with Gasteiger partial charge in [0.2, 0.25) is 0 Å². The summed E-state index contributed by atoms with van der Waals surface area (Å²) in [6.07, 6.45) is 5.20. The van der Waals surface area contributed by atoms with E-state index in [9.17, 15) is 14.7 Å². The van der Waals surface area contributed by atoms with Gasteiger partial charge < -0.3 is 25.3 Å². The van der Waals surface area contributed by atoms with Gasteiger partial charge in [-0.05, 0) is 58.2 Å². The van der Waals surface area contributed by atoms with Crippen molar-refractivity contribution in [3.63, 3.8) is 0 Å². The third-order valence-corrected chi connectivity index (χ3v) is 7.88. The van der Waals surface area contributed by atoms with Crippen LogP contribution in [0.3, 0.4) is 0 Å². The molecule has 0 saturated heterocycles. The number of amides is 1. The molecule has 0 bridgehead atoms. The molecule has 0 unspecified atom stereocenters. The first kappa shape index (κ1) is 24.2. The first-order valence-electron chi connectivity index (χ1n) is 11.7. The molecule has 0 aliphatic heterocycles. The highest BCUT2D eigenvalue weighted by molar-refractivity contribution is 7.16. The number of fused-ring (bicyclic) bond motifs is 1. The van der Waals surface area contributed by atoms with Gasteiger partial charge in [-0.3, -0.25) is 14.6 Å². The van der Waals surface area contributed by atoms with Crippen LogP contribution in [0.4, 0.5) is 15.8 Å². The van der Waals surface area contributed by atoms with E-state index in [2.05, 4.69) is 20.6 Å². The third-order valence-electron chi connectivity index (χ3n) is 6.37. The Bertz CT molecular complexity index is 1550. The average molecular weight is 510 g/mol. The number of nitrogens with one attached hydrogen (secondary N) is 3. The van der Waals surface area contributed by atoms with Crippen LogP contribution in [0.15, 0.2) is 29.3 Å². The van der Waals surface area contributed by atoms with Gasteiger partial charge in [0.1, 0.15) is 11.2 Å². The predicted molar refractivity (Wildman–Crippen MR) is 140 cm³/mol. The number of carbonyl (C=O) groups is 1. The van der Waals surface area contributed by atoms with Crippen molar-refractivity contribution in [1.29, 1.82) is 0 Å². The summed E-state index contributed by atoms with van der Waals surface area (Å²) in [5.41, 5.74) is 1.79. The maximum absolute atomic E-state index is 15.9. The summed E-state index contributed by atoms with van der Waals surface area (Å²) in [6.45, 7) is 6.79. The van der Waals surface area contributed by atoms with Crippen LogP contribution in [0.25, 0.3) is 21.3 Å². The van der Waals surface area contributed by atoms with Crippen LogP contribution in [0.1, 0.15) is 53.3 Å². The standard InChI is InChI=1S/C26H28FN5O3S/c1-12-8-9-28-13(2)19(12)31-21-18(27)23(26(3,4)35)36-22(21)16-11-32(5)25(34)20-15(16)10-17(30-20)24(33)29-14-6-7-14/h8-11,14,30-31,35H,6-7H2,1-5H3,(H,29,33). The summed E-state index contributed by atoms with van der Waals surface area (Å²) in [6, 6.07) is 3.63. The zero-order valence-electron chi connectivity index (χ0n) is 20.7. The molecule has 5 rings (SSSR count). The molecule has 36 heavy (non-hydrogen) atoms. The van der Waals surface area contributed by atoms with E-state index in [1.165, 1.54) is 18.4 Å². The Morgan fingerprint density at radius 3 is 2.67 bits per heavy atom. The average Bonchev–Trinajstić information content (AvgIpc) is 3.38. The lowest BCUT2D eigenvalue weighted by atomic mass is 10.1. The van der Waals surface area contributed by atoms with Gasteiger partial charge in [0.25, 0.3) is 11.5 Å². The summed E-state index contributed by atoms with van der Waals surface area (Å²) < 4.78 is 17.3. The van der Waals surface area contributed by atoms with E-state index in [-0.39, 0.29) is 39.3 Å². The zero-order valence-corrected chi connectivity index (χ0v) is 21.6. The van der Waals surface area contributed by atoms with Crippen LogP contribution in [-0.2, 0) is 12.6 Å². The first-order chi connectivity index (χ1) is 17.0. The van der Waals surface area contributed by atoms with Crippen molar-refractivity contribution in [2.45, 2.75) is 52.2 Å². The lowest BCUT2D eigenvalue weighted by Gasteiger charge is -2.15. The molecule has 0 atom stereocenters. The Balaban J connectivity index is 1.74. The lowest BCUT2D eigenvalue weighted by Crippen LogP contribution is -2.25. The van der Waals surface area contributed by atoms with Crippen molar-refractivity contribution in [1.82, 2.24) is 19.9 Å². The minimum atomic E-state index is -1.43. The molecule has 188 valence electrons. The van der Waals surface area contributed by atoms with Gasteiger partial charge in [0, 0.05) is 36.4 Å². The van der Waals surface area contributed by atoms with Crippen molar-refractivity contribution in [2.24, 2.45) is 7.05 Å². The monoisotopic (exact) mass is 509 g/mol. The Labute approximate surface area is 211 Å². The molecular weight excluding hydrogens is 481 g/mol. The molecule has 1 amide bonds. The van der Waals surface area contributed by atoms with Crippen molar-refractivity contribution in [3.05, 3.63) is 62.5 Å². The van der Waals surface area contributed by atoms with E-state index in [0.29, 0.717) is 27.2 Å². The number of nitrogens with zero attached hydrogens (tertiary/aromatic N) is 2. The fourth-order valence-corrected chi connectivity index (χ4v) is 5.40. The number of rotatable bonds is 6. The summed E-state index contributed by atoms with van der Waals surface area (Å²) in [7, 11) is 1.61. The molecule has 4 aromatic rings. The molecular formula is C26H28FN5O3S. The number of anilines is 2. The topological polar surface area (TPSA) is 112 Å². The van der Waals surface area contributed by atoms with Gasteiger partial charge >= 0.3 is 0 Å². The zero-order chi connectivity index (χ0) is 25.9. The van der Waals surface area contributed by atoms with Crippen molar-refractivity contribution in [2.75, 3.05) is 5.32 Å². The molecule has 0 radical (unpaired) electrons. The molecule has 1 fully saturated rings. The Kier molecular flexibility index (Phi) is 5.76. The van der Waals surface area contributed by atoms with Crippen molar-refractivity contribution >= 4 is 39.5 Å². The Hall–Kier alpha value is -3.50. The van der Waals surface area contributed by atoms with Gasteiger partial charge in [-0.15, -0.1) is 11.3 Å². The highest BCUT2D eigenvalue weighted by Gasteiger charge is 2.31. The van der Waals surface area contributed by atoms with E-state index >= 15 is 4.39 Å². The second-order valence-corrected chi connectivity index (χ2v) is 10.9. The number of aryl methyl sites for hydroxylation is 3. The largest absolute Gasteiger partial charge is 0.385 e. The number of carbonyl (C=O) groups excluding carboxylic acids is 1.